The van der Waals surface area contributed by atoms with E-state index in [1.807, 2.05) is 6.92 Å². The second kappa shape index (κ2) is 10.2. The predicted octanol–water partition coefficient (Wildman–Crippen LogP) is 3.46. The van der Waals surface area contributed by atoms with Gasteiger partial charge in [-0.15, -0.1) is 0 Å². The summed E-state index contributed by atoms with van der Waals surface area (Å²) in [5.41, 5.74) is 1.36. The first-order valence-corrected chi connectivity index (χ1v) is 8.90. The lowest BCUT2D eigenvalue weighted by Gasteiger charge is -2.14. The molecule has 0 saturated carbocycles. The summed E-state index contributed by atoms with van der Waals surface area (Å²) in [4.78, 5) is 25.5. The molecule has 28 heavy (non-hydrogen) atoms. The average molecular weight is 383 g/mol. The first-order chi connectivity index (χ1) is 13.4. The number of carbonyl (C=O) groups excluding carboxylic acids is 2. The van der Waals surface area contributed by atoms with Gasteiger partial charge in [-0.1, -0.05) is 12.1 Å². The fourth-order valence-corrected chi connectivity index (χ4v) is 2.31. The number of ketones is 1. The second-order valence-electron chi connectivity index (χ2n) is 6.14. The number of hydrogen-bond donors (Lipinski definition) is 0. The van der Waals surface area contributed by atoms with Gasteiger partial charge in [-0.3, -0.25) is 9.59 Å². The molecule has 0 N–H and O–H groups in total. The van der Waals surface area contributed by atoms with Crippen LogP contribution < -0.4 is 14.2 Å². The van der Waals surface area contributed by atoms with E-state index in [2.05, 4.69) is 0 Å². The highest BCUT2D eigenvalue weighted by molar-refractivity contribution is 6.06. The second-order valence-corrected chi connectivity index (χ2v) is 6.14. The average Bonchev–Trinajstić information content (AvgIpc) is 2.71. The quantitative estimate of drug-likeness (QED) is 0.490. The minimum absolute atomic E-state index is 0.0712. The van der Waals surface area contributed by atoms with Crippen LogP contribution in [0.1, 0.15) is 22.8 Å². The largest absolute Gasteiger partial charge is 0.497 e. The maximum atomic E-state index is 12.3. The van der Waals surface area contributed by atoms with Crippen LogP contribution in [0.2, 0.25) is 0 Å². The summed E-state index contributed by atoms with van der Waals surface area (Å²) in [6, 6.07) is 12.2. The molecule has 0 aromatic heterocycles. The number of methoxy groups -OCH3 is 1. The molecule has 0 radical (unpaired) electrons. The van der Waals surface area contributed by atoms with Gasteiger partial charge in [0.1, 0.15) is 5.75 Å². The van der Waals surface area contributed by atoms with Crippen molar-refractivity contribution in [2.24, 2.45) is 0 Å². The van der Waals surface area contributed by atoms with Gasteiger partial charge in [-0.2, -0.15) is 0 Å². The Morgan fingerprint density at radius 2 is 1.71 bits per heavy atom. The normalized spacial score (nSPS) is 10.6. The number of benzene rings is 2. The molecule has 2 rings (SSSR count). The highest BCUT2D eigenvalue weighted by Crippen LogP contribution is 2.29. The van der Waals surface area contributed by atoms with Crippen LogP contribution in [0.25, 0.3) is 6.08 Å². The van der Waals surface area contributed by atoms with Crippen molar-refractivity contribution in [2.75, 3.05) is 34.4 Å². The standard InChI is InChI=1S/C22H25NO5/c1-5-27-21-14-16(7-13-20(21)28-15-22(25)23(2)3)6-12-19(24)17-8-10-18(26-4)11-9-17/h6-14H,5,15H2,1-4H3/b12-6+. The van der Waals surface area contributed by atoms with Gasteiger partial charge in [0.05, 0.1) is 13.7 Å². The lowest BCUT2D eigenvalue weighted by Crippen LogP contribution is -2.27. The van der Waals surface area contributed by atoms with E-state index < -0.39 is 0 Å². The van der Waals surface area contributed by atoms with E-state index in [0.29, 0.717) is 29.4 Å². The van der Waals surface area contributed by atoms with Crippen LogP contribution in [0.4, 0.5) is 0 Å². The van der Waals surface area contributed by atoms with Crippen molar-refractivity contribution < 1.29 is 23.8 Å². The number of likely N-dealkylation sites (N-methyl/N-ethyl adjacent to an activating group) is 1. The number of ether oxygens (including phenoxy) is 3. The van der Waals surface area contributed by atoms with Crippen molar-refractivity contribution >= 4 is 17.8 Å². The monoisotopic (exact) mass is 383 g/mol. The minimum atomic E-state index is -0.142. The van der Waals surface area contributed by atoms with Gasteiger partial charge in [-0.05, 0) is 55.0 Å². The van der Waals surface area contributed by atoms with Crippen molar-refractivity contribution in [3.63, 3.8) is 0 Å². The molecular formula is C22H25NO5. The van der Waals surface area contributed by atoms with Gasteiger partial charge in [0, 0.05) is 19.7 Å². The van der Waals surface area contributed by atoms with Gasteiger partial charge in [0.2, 0.25) is 0 Å². The Morgan fingerprint density at radius 1 is 1.00 bits per heavy atom. The molecular weight excluding hydrogens is 358 g/mol. The van der Waals surface area contributed by atoms with E-state index in [4.69, 9.17) is 14.2 Å². The molecule has 0 unspecified atom stereocenters. The molecule has 6 nitrogen and oxygen atoms in total. The van der Waals surface area contributed by atoms with Crippen LogP contribution in [0, 0.1) is 0 Å². The van der Waals surface area contributed by atoms with Gasteiger partial charge in [0.15, 0.2) is 23.9 Å². The third kappa shape index (κ3) is 5.87. The molecule has 0 atom stereocenters. The summed E-state index contributed by atoms with van der Waals surface area (Å²) in [5, 5.41) is 0. The lowest BCUT2D eigenvalue weighted by atomic mass is 10.1. The van der Waals surface area contributed by atoms with E-state index in [9.17, 15) is 9.59 Å². The van der Waals surface area contributed by atoms with Crippen molar-refractivity contribution in [3.8, 4) is 17.2 Å². The number of rotatable bonds is 9. The third-order valence-electron chi connectivity index (χ3n) is 3.92. The van der Waals surface area contributed by atoms with Crippen molar-refractivity contribution in [1.82, 2.24) is 4.90 Å². The Hall–Kier alpha value is -3.28. The van der Waals surface area contributed by atoms with E-state index in [0.717, 1.165) is 5.56 Å². The molecule has 2 aromatic rings. The van der Waals surface area contributed by atoms with Crippen LogP contribution in [-0.2, 0) is 4.79 Å². The number of amides is 1. The zero-order chi connectivity index (χ0) is 20.5. The molecule has 2 aromatic carbocycles. The number of allylic oxidation sites excluding steroid dienone is 1. The van der Waals surface area contributed by atoms with Gasteiger partial charge in [0.25, 0.3) is 5.91 Å². The summed E-state index contributed by atoms with van der Waals surface area (Å²) < 4.78 is 16.3. The first kappa shape index (κ1) is 21.0. The molecule has 0 aliphatic rings. The van der Waals surface area contributed by atoms with E-state index >= 15 is 0 Å². The Morgan fingerprint density at radius 3 is 2.32 bits per heavy atom. The van der Waals surface area contributed by atoms with Crippen LogP contribution in [0.3, 0.4) is 0 Å². The number of carbonyl (C=O) groups is 2. The number of nitrogens with zero attached hydrogens (tertiary/aromatic N) is 1. The topological polar surface area (TPSA) is 65.1 Å². The molecule has 1 amide bonds. The first-order valence-electron chi connectivity index (χ1n) is 8.90. The molecule has 0 aliphatic carbocycles. The SMILES string of the molecule is CCOc1cc(/C=C/C(=O)c2ccc(OC)cc2)ccc1OCC(=O)N(C)C. The molecule has 148 valence electrons. The molecule has 0 saturated heterocycles. The smallest absolute Gasteiger partial charge is 0.259 e. The molecule has 0 aliphatic heterocycles. The highest BCUT2D eigenvalue weighted by atomic mass is 16.5. The Kier molecular flexibility index (Phi) is 7.63. The van der Waals surface area contributed by atoms with Gasteiger partial charge < -0.3 is 19.1 Å². The summed E-state index contributed by atoms with van der Waals surface area (Å²) in [5.74, 6) is 1.45. The van der Waals surface area contributed by atoms with Crippen LogP contribution in [0.5, 0.6) is 17.2 Å². The maximum absolute atomic E-state index is 12.3. The van der Waals surface area contributed by atoms with Crippen molar-refractivity contribution in [3.05, 3.63) is 59.7 Å². The maximum Gasteiger partial charge on any atom is 0.259 e. The van der Waals surface area contributed by atoms with E-state index in [-0.39, 0.29) is 18.3 Å². The molecule has 0 bridgehead atoms. The van der Waals surface area contributed by atoms with Crippen molar-refractivity contribution in [1.29, 1.82) is 0 Å². The summed E-state index contributed by atoms with van der Waals surface area (Å²) in [7, 11) is 4.92. The Balaban J connectivity index is 2.11. The molecule has 0 spiro atoms. The number of hydrogen-bond acceptors (Lipinski definition) is 5. The van der Waals surface area contributed by atoms with Gasteiger partial charge in [-0.25, -0.2) is 0 Å². The molecule has 0 fully saturated rings. The zero-order valence-electron chi connectivity index (χ0n) is 16.6. The third-order valence-corrected chi connectivity index (χ3v) is 3.92. The Labute approximate surface area is 165 Å². The van der Waals surface area contributed by atoms with Crippen LogP contribution >= 0.6 is 0 Å². The minimum Gasteiger partial charge on any atom is -0.497 e. The van der Waals surface area contributed by atoms with E-state index in [1.165, 1.54) is 11.0 Å². The zero-order valence-corrected chi connectivity index (χ0v) is 16.6. The fourth-order valence-electron chi connectivity index (χ4n) is 2.31. The summed E-state index contributed by atoms with van der Waals surface area (Å²) in [6.07, 6.45) is 3.22. The summed E-state index contributed by atoms with van der Waals surface area (Å²) >= 11 is 0. The lowest BCUT2D eigenvalue weighted by molar-refractivity contribution is -0.130. The predicted molar refractivity (Wildman–Crippen MR) is 108 cm³/mol. The van der Waals surface area contributed by atoms with Crippen LogP contribution in [0.15, 0.2) is 48.5 Å². The highest BCUT2D eigenvalue weighted by Gasteiger charge is 2.10. The molecule has 6 heteroatoms. The molecule has 0 heterocycles. The Bertz CT molecular complexity index is 841. The van der Waals surface area contributed by atoms with Crippen LogP contribution in [-0.4, -0.2) is 51.0 Å². The van der Waals surface area contributed by atoms with Gasteiger partial charge >= 0.3 is 0 Å². The van der Waals surface area contributed by atoms with E-state index in [1.54, 1.807) is 69.7 Å². The van der Waals surface area contributed by atoms with Crippen molar-refractivity contribution in [2.45, 2.75) is 6.92 Å². The summed E-state index contributed by atoms with van der Waals surface area (Å²) in [6.45, 7) is 2.25. The fraction of sp³-hybridized carbons (Fsp3) is 0.273.